The van der Waals surface area contributed by atoms with Crippen molar-refractivity contribution in [1.29, 1.82) is 5.41 Å². The number of nitrogens with zero attached hydrogens (tertiary/aromatic N) is 2. The molecule has 0 fully saturated rings. The van der Waals surface area contributed by atoms with Gasteiger partial charge in [-0.1, -0.05) is 115 Å². The maximum absolute atomic E-state index is 9.25. The number of aliphatic imine (C=N–C) groups is 2. The Hall–Kier alpha value is -6.85. The minimum atomic E-state index is 0.0822. The van der Waals surface area contributed by atoms with Crippen LogP contribution in [0.2, 0.25) is 0 Å². The highest BCUT2D eigenvalue weighted by Gasteiger charge is 2.16. The fraction of sp³-hybridized carbons (Fsp3) is 0. The fourth-order valence-corrected chi connectivity index (χ4v) is 6.55. The summed E-state index contributed by atoms with van der Waals surface area (Å²) in [6.07, 6.45) is 1.80. The van der Waals surface area contributed by atoms with Gasteiger partial charge < -0.3 is 8.83 Å². The molecule has 50 heavy (non-hydrogen) atoms. The van der Waals surface area contributed by atoms with Gasteiger partial charge in [-0.25, -0.2) is 9.98 Å². The highest BCUT2D eigenvalue weighted by atomic mass is 16.3. The largest absolute Gasteiger partial charge is 0.456 e. The zero-order valence-corrected chi connectivity index (χ0v) is 26.9. The zero-order chi connectivity index (χ0) is 33.4. The van der Waals surface area contributed by atoms with Gasteiger partial charge in [0.25, 0.3) is 0 Å². The third-order valence-electron chi connectivity index (χ3n) is 9.04. The second-order valence-electron chi connectivity index (χ2n) is 12.2. The molecule has 0 saturated carbocycles. The minimum Gasteiger partial charge on any atom is -0.456 e. The van der Waals surface area contributed by atoms with Crippen molar-refractivity contribution in [1.82, 2.24) is 0 Å². The van der Waals surface area contributed by atoms with Crippen molar-refractivity contribution in [2.75, 3.05) is 0 Å². The summed E-state index contributed by atoms with van der Waals surface area (Å²) in [5.74, 6) is 0.465. The van der Waals surface area contributed by atoms with Crippen LogP contribution >= 0.6 is 0 Å². The van der Waals surface area contributed by atoms with Crippen LogP contribution in [0.1, 0.15) is 16.7 Å². The lowest BCUT2D eigenvalue weighted by Crippen LogP contribution is -2.05. The summed E-state index contributed by atoms with van der Waals surface area (Å²) < 4.78 is 12.6. The SMILES string of the molecule is N=C(N=C(N=Cc1cccc(-c2ccccc2)c1)c1cccc2c1oc1ccccc12)c1ccc2oc3ccc(-c4ccccc4)cc3c2c1. The van der Waals surface area contributed by atoms with Crippen LogP contribution in [0, 0.1) is 5.41 Å². The number of nitrogens with one attached hydrogen (secondary N) is 1. The van der Waals surface area contributed by atoms with Crippen LogP contribution < -0.4 is 0 Å². The van der Waals surface area contributed by atoms with Crippen molar-refractivity contribution in [3.05, 3.63) is 180 Å². The molecule has 0 saturated heterocycles. The summed E-state index contributed by atoms with van der Waals surface area (Å²) in [6.45, 7) is 0. The summed E-state index contributed by atoms with van der Waals surface area (Å²) in [5, 5.41) is 13.2. The number of hydrogen-bond acceptors (Lipinski definition) is 3. The number of amidine groups is 2. The summed E-state index contributed by atoms with van der Waals surface area (Å²) in [6, 6.07) is 54.7. The standard InChI is InChI=1S/C45H29N3O2/c46-44(34-22-24-42-39(27-34)38-26-33(21-23-41(38)49-42)31-14-5-2-6-15-31)48-45(37-19-10-18-36-35-17-7-8-20-40(35)50-43(36)37)47-28-29-11-9-16-32(25-29)30-12-3-1-4-13-30/h1-28,46H. The number of furan rings is 2. The molecule has 236 valence electrons. The average Bonchev–Trinajstić information content (AvgIpc) is 3.75. The van der Waals surface area contributed by atoms with Gasteiger partial charge in [-0.3, -0.25) is 5.41 Å². The number of hydrogen-bond donors (Lipinski definition) is 1. The van der Waals surface area contributed by atoms with E-state index in [9.17, 15) is 5.41 Å². The average molecular weight is 644 g/mol. The molecule has 7 aromatic carbocycles. The quantitative estimate of drug-likeness (QED) is 0.150. The van der Waals surface area contributed by atoms with Crippen molar-refractivity contribution >= 4 is 61.8 Å². The van der Waals surface area contributed by atoms with Crippen LogP contribution in [0.4, 0.5) is 0 Å². The summed E-state index contributed by atoms with van der Waals surface area (Å²) in [7, 11) is 0. The molecule has 5 nitrogen and oxygen atoms in total. The molecule has 1 N–H and O–H groups in total. The summed E-state index contributed by atoms with van der Waals surface area (Å²) in [4.78, 5) is 9.82. The lowest BCUT2D eigenvalue weighted by atomic mass is 10.0. The van der Waals surface area contributed by atoms with Crippen LogP contribution in [-0.4, -0.2) is 17.9 Å². The van der Waals surface area contributed by atoms with E-state index in [0.717, 1.165) is 66.1 Å². The molecule has 0 spiro atoms. The number of para-hydroxylation sites is 2. The first-order chi connectivity index (χ1) is 24.7. The van der Waals surface area contributed by atoms with Crippen LogP contribution in [0.3, 0.4) is 0 Å². The third-order valence-corrected chi connectivity index (χ3v) is 9.04. The molecule has 0 aliphatic rings. The number of benzene rings is 7. The van der Waals surface area contributed by atoms with E-state index in [1.165, 1.54) is 0 Å². The second kappa shape index (κ2) is 12.3. The predicted octanol–water partition coefficient (Wildman–Crippen LogP) is 11.7. The Kier molecular flexibility index (Phi) is 7.21. The zero-order valence-electron chi connectivity index (χ0n) is 26.9. The normalized spacial score (nSPS) is 12.1. The van der Waals surface area contributed by atoms with Crippen molar-refractivity contribution in [3.63, 3.8) is 0 Å². The molecule has 0 aliphatic carbocycles. The molecule has 2 heterocycles. The van der Waals surface area contributed by atoms with Crippen LogP contribution in [-0.2, 0) is 0 Å². The molecular formula is C45H29N3O2. The van der Waals surface area contributed by atoms with Gasteiger partial charge in [0.05, 0.1) is 5.56 Å². The van der Waals surface area contributed by atoms with Gasteiger partial charge in [-0.15, -0.1) is 0 Å². The van der Waals surface area contributed by atoms with Gasteiger partial charge in [0, 0.05) is 33.3 Å². The number of fused-ring (bicyclic) bond motifs is 6. The summed E-state index contributed by atoms with van der Waals surface area (Å²) >= 11 is 0. The van der Waals surface area contributed by atoms with Crippen LogP contribution in [0.25, 0.3) is 66.1 Å². The van der Waals surface area contributed by atoms with E-state index in [1.807, 2.05) is 109 Å². The Balaban J connectivity index is 1.16. The van der Waals surface area contributed by atoms with Gasteiger partial charge >= 0.3 is 0 Å². The maximum Gasteiger partial charge on any atom is 0.165 e. The lowest BCUT2D eigenvalue weighted by molar-refractivity contribution is 0.668. The maximum atomic E-state index is 9.25. The first-order valence-electron chi connectivity index (χ1n) is 16.5. The number of rotatable bonds is 5. The van der Waals surface area contributed by atoms with Gasteiger partial charge in [0.2, 0.25) is 0 Å². The van der Waals surface area contributed by atoms with Crippen molar-refractivity contribution < 1.29 is 8.83 Å². The fourth-order valence-electron chi connectivity index (χ4n) is 6.55. The predicted molar refractivity (Wildman–Crippen MR) is 206 cm³/mol. The van der Waals surface area contributed by atoms with E-state index < -0.39 is 0 Å². The first kappa shape index (κ1) is 29.3. The Labute approximate surface area is 288 Å². The highest BCUT2D eigenvalue weighted by molar-refractivity contribution is 6.20. The van der Waals surface area contributed by atoms with Crippen molar-refractivity contribution in [2.45, 2.75) is 0 Å². The molecule has 0 atom stereocenters. The molecule has 5 heteroatoms. The van der Waals surface area contributed by atoms with Crippen molar-refractivity contribution in [3.8, 4) is 22.3 Å². The summed E-state index contributed by atoms with van der Waals surface area (Å²) in [5.41, 5.74) is 9.77. The Morgan fingerprint density at radius 3 is 1.90 bits per heavy atom. The van der Waals surface area contributed by atoms with E-state index in [2.05, 4.69) is 54.6 Å². The molecule has 0 unspecified atom stereocenters. The molecular weight excluding hydrogens is 615 g/mol. The Morgan fingerprint density at radius 1 is 0.480 bits per heavy atom. The lowest BCUT2D eigenvalue weighted by Gasteiger charge is -2.06. The Bertz CT molecular complexity index is 2770. The second-order valence-corrected chi connectivity index (χ2v) is 12.2. The van der Waals surface area contributed by atoms with Gasteiger partial charge in [-0.2, -0.15) is 0 Å². The third kappa shape index (κ3) is 5.37. The highest BCUT2D eigenvalue weighted by Crippen LogP contribution is 2.34. The molecule has 0 bridgehead atoms. The van der Waals surface area contributed by atoms with Crippen LogP contribution in [0.15, 0.2) is 183 Å². The van der Waals surface area contributed by atoms with Crippen molar-refractivity contribution in [2.24, 2.45) is 9.98 Å². The molecule has 0 radical (unpaired) electrons. The molecule has 0 aliphatic heterocycles. The molecule has 0 amide bonds. The first-order valence-corrected chi connectivity index (χ1v) is 16.5. The van der Waals surface area contributed by atoms with Gasteiger partial charge in [-0.05, 0) is 76.3 Å². The van der Waals surface area contributed by atoms with Gasteiger partial charge in [0.1, 0.15) is 22.3 Å². The van der Waals surface area contributed by atoms with E-state index in [0.29, 0.717) is 22.5 Å². The minimum absolute atomic E-state index is 0.0822. The molecule has 2 aromatic heterocycles. The monoisotopic (exact) mass is 643 g/mol. The smallest absolute Gasteiger partial charge is 0.165 e. The topological polar surface area (TPSA) is 74.8 Å². The van der Waals surface area contributed by atoms with Crippen LogP contribution in [0.5, 0.6) is 0 Å². The van der Waals surface area contributed by atoms with E-state index in [-0.39, 0.29) is 5.84 Å². The Morgan fingerprint density at radius 2 is 1.10 bits per heavy atom. The van der Waals surface area contributed by atoms with E-state index >= 15 is 0 Å². The van der Waals surface area contributed by atoms with E-state index in [4.69, 9.17) is 18.8 Å². The van der Waals surface area contributed by atoms with Gasteiger partial charge in [0.15, 0.2) is 11.7 Å². The molecule has 9 rings (SSSR count). The molecule has 9 aromatic rings. The van der Waals surface area contributed by atoms with E-state index in [1.54, 1.807) is 6.21 Å².